The van der Waals surface area contributed by atoms with Crippen molar-refractivity contribution in [2.24, 2.45) is 0 Å². The van der Waals surface area contributed by atoms with Crippen LogP contribution in [-0.2, 0) is 15.7 Å². The number of anilines is 1. The Morgan fingerprint density at radius 2 is 1.74 bits per heavy atom. The summed E-state index contributed by atoms with van der Waals surface area (Å²) in [5.41, 5.74) is 2.33. The van der Waals surface area contributed by atoms with Gasteiger partial charge in [0.2, 0.25) is 0 Å². The standard InChI is InChI=1S/C21H23N2O3P/c1-23(2)19-10-12-20(13-11-19)27(25,21(24)18-9-6-14-22-15-18)26-16-17-7-4-3-5-8-17/h3-15,21,24H,16H2,1-2H3/t21-,27+/m0/s1. The van der Waals surface area contributed by atoms with Crippen LogP contribution < -0.4 is 10.2 Å². The van der Waals surface area contributed by atoms with Gasteiger partial charge in [-0.05, 0) is 35.9 Å². The molecule has 0 aliphatic heterocycles. The van der Waals surface area contributed by atoms with Gasteiger partial charge in [-0.25, -0.2) is 0 Å². The number of rotatable bonds is 7. The number of hydrogen-bond acceptors (Lipinski definition) is 5. The largest absolute Gasteiger partial charge is 0.378 e. The molecule has 27 heavy (non-hydrogen) atoms. The van der Waals surface area contributed by atoms with Crippen molar-refractivity contribution in [3.63, 3.8) is 0 Å². The van der Waals surface area contributed by atoms with Crippen LogP contribution in [0, 0.1) is 0 Å². The predicted molar refractivity (Wildman–Crippen MR) is 108 cm³/mol. The second-order valence-electron chi connectivity index (χ2n) is 6.43. The molecule has 0 radical (unpaired) electrons. The van der Waals surface area contributed by atoms with Crippen molar-refractivity contribution in [3.8, 4) is 0 Å². The van der Waals surface area contributed by atoms with Gasteiger partial charge in [0.15, 0.2) is 5.85 Å². The number of aliphatic hydroxyl groups is 1. The molecule has 1 N–H and O–H groups in total. The molecule has 2 atom stereocenters. The molecule has 6 heteroatoms. The number of pyridine rings is 1. The molecule has 0 unspecified atom stereocenters. The molecule has 5 nitrogen and oxygen atoms in total. The van der Waals surface area contributed by atoms with E-state index in [4.69, 9.17) is 4.52 Å². The van der Waals surface area contributed by atoms with Crippen LogP contribution in [0.1, 0.15) is 17.0 Å². The highest BCUT2D eigenvalue weighted by molar-refractivity contribution is 7.67. The Labute approximate surface area is 159 Å². The van der Waals surface area contributed by atoms with Crippen LogP contribution >= 0.6 is 7.37 Å². The lowest BCUT2D eigenvalue weighted by Crippen LogP contribution is -2.16. The topological polar surface area (TPSA) is 62.7 Å². The molecule has 0 spiro atoms. The number of aromatic nitrogens is 1. The van der Waals surface area contributed by atoms with Crippen LogP contribution in [0.4, 0.5) is 5.69 Å². The molecule has 3 rings (SSSR count). The maximum Gasteiger partial charge on any atom is 0.264 e. The third-order valence-corrected chi connectivity index (χ3v) is 6.77. The molecule has 2 aromatic carbocycles. The van der Waals surface area contributed by atoms with Crippen molar-refractivity contribution in [1.82, 2.24) is 4.98 Å². The number of benzene rings is 2. The molecule has 1 heterocycles. The number of aliphatic hydroxyl groups excluding tert-OH is 1. The van der Waals surface area contributed by atoms with Crippen LogP contribution in [0.3, 0.4) is 0 Å². The molecule has 0 fully saturated rings. The van der Waals surface area contributed by atoms with Gasteiger partial charge in [0, 0.05) is 43.0 Å². The van der Waals surface area contributed by atoms with E-state index in [1.165, 1.54) is 6.20 Å². The van der Waals surface area contributed by atoms with E-state index in [2.05, 4.69) is 4.98 Å². The minimum Gasteiger partial charge on any atom is -0.378 e. The molecule has 140 valence electrons. The molecule has 0 saturated heterocycles. The fourth-order valence-corrected chi connectivity index (χ4v) is 4.74. The Hall–Kier alpha value is -2.46. The summed E-state index contributed by atoms with van der Waals surface area (Å²) in [7, 11) is 0.268. The third-order valence-electron chi connectivity index (χ3n) is 4.30. The lowest BCUT2D eigenvalue weighted by molar-refractivity contribution is 0.210. The Morgan fingerprint density at radius 3 is 2.33 bits per heavy atom. The first-order valence-electron chi connectivity index (χ1n) is 8.65. The molecule has 3 aromatic rings. The highest BCUT2D eigenvalue weighted by Crippen LogP contribution is 2.58. The summed E-state index contributed by atoms with van der Waals surface area (Å²) in [6, 6.07) is 20.1. The quantitative estimate of drug-likeness (QED) is 0.627. The Kier molecular flexibility index (Phi) is 6.07. The van der Waals surface area contributed by atoms with Gasteiger partial charge >= 0.3 is 0 Å². The molecular weight excluding hydrogens is 359 g/mol. The highest BCUT2D eigenvalue weighted by atomic mass is 31.2. The molecule has 0 saturated carbocycles. The highest BCUT2D eigenvalue weighted by Gasteiger charge is 2.36. The molecule has 1 aromatic heterocycles. The van der Waals surface area contributed by atoms with E-state index in [0.717, 1.165) is 11.3 Å². The lowest BCUT2D eigenvalue weighted by Gasteiger charge is -2.25. The third kappa shape index (κ3) is 4.45. The summed E-state index contributed by atoms with van der Waals surface area (Å²) >= 11 is 0. The van der Waals surface area contributed by atoms with Crippen molar-refractivity contribution in [2.45, 2.75) is 12.5 Å². The first-order valence-corrected chi connectivity index (χ1v) is 10.3. The maximum absolute atomic E-state index is 13.9. The first-order chi connectivity index (χ1) is 13.0. The zero-order valence-corrected chi connectivity index (χ0v) is 16.3. The molecule has 0 bridgehead atoms. The Bertz CT molecular complexity index is 900. The van der Waals surface area contributed by atoms with Crippen LogP contribution in [0.15, 0.2) is 79.1 Å². The van der Waals surface area contributed by atoms with Crippen molar-refractivity contribution in [2.75, 3.05) is 19.0 Å². The van der Waals surface area contributed by atoms with Crippen molar-refractivity contribution in [1.29, 1.82) is 0 Å². The predicted octanol–water partition coefficient (Wildman–Crippen LogP) is 3.96. The average molecular weight is 382 g/mol. The van der Waals surface area contributed by atoms with Gasteiger partial charge in [0.1, 0.15) is 0 Å². The summed E-state index contributed by atoms with van der Waals surface area (Å²) in [6.07, 6.45) is 3.12. The summed E-state index contributed by atoms with van der Waals surface area (Å²) in [5.74, 6) is -1.29. The second-order valence-corrected chi connectivity index (χ2v) is 8.88. The van der Waals surface area contributed by atoms with Crippen LogP contribution in [0.2, 0.25) is 0 Å². The fourth-order valence-electron chi connectivity index (χ4n) is 2.71. The van der Waals surface area contributed by atoms with Crippen molar-refractivity contribution in [3.05, 3.63) is 90.3 Å². The number of nitrogens with zero attached hydrogens (tertiary/aromatic N) is 2. The number of hydrogen-bond donors (Lipinski definition) is 1. The normalized spacial score (nSPS) is 14.3. The van der Waals surface area contributed by atoms with E-state index in [9.17, 15) is 9.67 Å². The maximum atomic E-state index is 13.9. The summed E-state index contributed by atoms with van der Waals surface area (Å²) in [4.78, 5) is 5.98. The van der Waals surface area contributed by atoms with Crippen molar-refractivity contribution < 1.29 is 14.2 Å². The minimum absolute atomic E-state index is 0.144. The van der Waals surface area contributed by atoms with Crippen molar-refractivity contribution >= 4 is 18.4 Å². The van der Waals surface area contributed by atoms with Crippen LogP contribution in [-0.4, -0.2) is 24.2 Å². The fraction of sp³-hybridized carbons (Fsp3) is 0.190. The zero-order chi connectivity index (χ0) is 19.3. The Balaban J connectivity index is 1.96. The van der Waals surface area contributed by atoms with E-state index in [-0.39, 0.29) is 6.61 Å². The van der Waals surface area contributed by atoms with Gasteiger partial charge in [0.05, 0.1) is 6.61 Å². The van der Waals surface area contributed by atoms with Gasteiger partial charge < -0.3 is 14.5 Å². The van der Waals surface area contributed by atoms with E-state index in [1.807, 2.05) is 61.5 Å². The second kappa shape index (κ2) is 8.49. The van der Waals surface area contributed by atoms with E-state index in [0.29, 0.717) is 10.9 Å². The zero-order valence-electron chi connectivity index (χ0n) is 15.4. The van der Waals surface area contributed by atoms with Gasteiger partial charge in [-0.1, -0.05) is 36.4 Å². The first kappa shape index (κ1) is 19.3. The summed E-state index contributed by atoms with van der Waals surface area (Å²) in [5, 5.41) is 11.4. The van der Waals surface area contributed by atoms with Gasteiger partial charge in [-0.2, -0.15) is 0 Å². The van der Waals surface area contributed by atoms with Gasteiger partial charge in [-0.3, -0.25) is 9.55 Å². The van der Waals surface area contributed by atoms with Gasteiger partial charge in [-0.15, -0.1) is 0 Å². The smallest absolute Gasteiger partial charge is 0.264 e. The lowest BCUT2D eigenvalue weighted by atomic mass is 10.2. The van der Waals surface area contributed by atoms with Crippen LogP contribution in [0.5, 0.6) is 0 Å². The Morgan fingerprint density at radius 1 is 1.04 bits per heavy atom. The molecular formula is C21H23N2O3P. The summed E-state index contributed by atoms with van der Waals surface area (Å²) < 4.78 is 19.7. The molecule has 0 aliphatic carbocycles. The van der Waals surface area contributed by atoms with Gasteiger partial charge in [0.25, 0.3) is 7.37 Å². The minimum atomic E-state index is -3.60. The summed E-state index contributed by atoms with van der Waals surface area (Å²) in [6.45, 7) is 0.144. The van der Waals surface area contributed by atoms with E-state index >= 15 is 0 Å². The molecule has 0 amide bonds. The van der Waals surface area contributed by atoms with E-state index < -0.39 is 13.2 Å². The SMILES string of the molecule is CN(C)c1ccc([P@@](=O)(OCc2ccccc2)[C@H](O)c2cccnc2)cc1. The van der Waals surface area contributed by atoms with E-state index in [1.54, 1.807) is 30.5 Å². The monoisotopic (exact) mass is 382 g/mol. The van der Waals surface area contributed by atoms with Crippen LogP contribution in [0.25, 0.3) is 0 Å². The average Bonchev–Trinajstić information content (AvgIpc) is 2.73. The molecule has 0 aliphatic rings.